The molecule has 0 aromatic heterocycles. The Morgan fingerprint density at radius 1 is 1.18 bits per heavy atom. The predicted molar refractivity (Wildman–Crippen MR) is 87.8 cm³/mol. The molecule has 1 unspecified atom stereocenters. The summed E-state index contributed by atoms with van der Waals surface area (Å²) < 4.78 is 11.7. The van der Waals surface area contributed by atoms with E-state index in [2.05, 4.69) is 10.6 Å². The van der Waals surface area contributed by atoms with Crippen molar-refractivity contribution in [3.63, 3.8) is 0 Å². The van der Waals surface area contributed by atoms with Gasteiger partial charge < -0.3 is 20.1 Å². The summed E-state index contributed by atoms with van der Waals surface area (Å²) in [7, 11) is 0. The molecule has 5 nitrogen and oxygen atoms in total. The molecule has 1 saturated heterocycles. The molecule has 2 fully saturated rings. The van der Waals surface area contributed by atoms with Crippen molar-refractivity contribution >= 4 is 34.8 Å². The zero-order chi connectivity index (χ0) is 15.6. The normalized spacial score (nSPS) is 23.5. The van der Waals surface area contributed by atoms with Crippen LogP contribution in [-0.2, 0) is 9.47 Å². The number of hydrogen-bond donors (Lipinski definition) is 3. The van der Waals surface area contributed by atoms with Crippen LogP contribution >= 0.6 is 23.2 Å². The van der Waals surface area contributed by atoms with Crippen LogP contribution in [0.5, 0.6) is 0 Å². The van der Waals surface area contributed by atoms with Crippen LogP contribution in [0.2, 0.25) is 10.0 Å². The maximum absolute atomic E-state index is 8.15. The number of halogens is 2. The molecule has 7 heteroatoms. The van der Waals surface area contributed by atoms with Crippen LogP contribution in [0.3, 0.4) is 0 Å². The molecule has 1 aliphatic carbocycles. The standard InChI is InChI=1S/C15H19Cl2N3O2/c16-10-4-3-5-11(17)13(10)20-14(18)19-12-6-1-2-7-15(12)21-8-9-22-15/h3-5,12H,1-2,6-9H2,(H3,18,19,20). The van der Waals surface area contributed by atoms with Crippen molar-refractivity contribution in [3.8, 4) is 0 Å². The van der Waals surface area contributed by atoms with E-state index in [0.29, 0.717) is 28.9 Å². The average molecular weight is 344 g/mol. The van der Waals surface area contributed by atoms with Crippen LogP contribution in [-0.4, -0.2) is 31.0 Å². The first-order valence-corrected chi connectivity index (χ1v) is 8.20. The second kappa shape index (κ2) is 6.62. The summed E-state index contributed by atoms with van der Waals surface area (Å²) in [5.41, 5.74) is 0.529. The molecule has 0 amide bonds. The highest BCUT2D eigenvalue weighted by Crippen LogP contribution is 2.36. The minimum Gasteiger partial charge on any atom is -0.348 e. The second-order valence-electron chi connectivity index (χ2n) is 5.55. The number of anilines is 1. The van der Waals surface area contributed by atoms with E-state index in [0.717, 1.165) is 25.7 Å². The van der Waals surface area contributed by atoms with Gasteiger partial charge in [0, 0.05) is 6.42 Å². The van der Waals surface area contributed by atoms with Crippen molar-refractivity contribution in [2.45, 2.75) is 37.5 Å². The van der Waals surface area contributed by atoms with E-state index in [9.17, 15) is 0 Å². The van der Waals surface area contributed by atoms with Crippen LogP contribution in [0, 0.1) is 5.41 Å². The summed E-state index contributed by atoms with van der Waals surface area (Å²) >= 11 is 12.2. The smallest absolute Gasteiger partial charge is 0.193 e. The van der Waals surface area contributed by atoms with Crippen LogP contribution < -0.4 is 10.6 Å². The molecule has 1 aliphatic heterocycles. The molecule has 0 radical (unpaired) electrons. The van der Waals surface area contributed by atoms with Gasteiger partial charge in [0.15, 0.2) is 11.7 Å². The third-order valence-corrected chi connectivity index (χ3v) is 4.74. The summed E-state index contributed by atoms with van der Waals surface area (Å²) in [5, 5.41) is 15.2. The number of nitrogens with one attached hydrogen (secondary N) is 3. The summed E-state index contributed by atoms with van der Waals surface area (Å²) in [4.78, 5) is 0. The number of ether oxygens (including phenoxy) is 2. The van der Waals surface area contributed by atoms with E-state index < -0.39 is 5.79 Å². The molecule has 1 aromatic rings. The van der Waals surface area contributed by atoms with Gasteiger partial charge in [0.1, 0.15) is 0 Å². The molecule has 22 heavy (non-hydrogen) atoms. The van der Waals surface area contributed by atoms with Gasteiger partial charge in [0.2, 0.25) is 0 Å². The fourth-order valence-electron chi connectivity index (χ4n) is 3.06. The van der Waals surface area contributed by atoms with Crippen LogP contribution in [0.4, 0.5) is 5.69 Å². The Hall–Kier alpha value is -1.01. The Labute approximate surface area is 139 Å². The lowest BCUT2D eigenvalue weighted by Gasteiger charge is -2.40. The quantitative estimate of drug-likeness (QED) is 0.566. The van der Waals surface area contributed by atoms with Gasteiger partial charge in [0.25, 0.3) is 0 Å². The zero-order valence-corrected chi connectivity index (χ0v) is 13.6. The van der Waals surface area contributed by atoms with Gasteiger partial charge >= 0.3 is 0 Å². The molecule has 1 saturated carbocycles. The van der Waals surface area contributed by atoms with Crippen molar-refractivity contribution < 1.29 is 9.47 Å². The summed E-state index contributed by atoms with van der Waals surface area (Å²) in [5.74, 6) is -0.461. The van der Waals surface area contributed by atoms with E-state index in [4.69, 9.17) is 38.1 Å². The molecule has 1 atom stereocenters. The van der Waals surface area contributed by atoms with Crippen LogP contribution in [0.15, 0.2) is 18.2 Å². The molecule has 1 heterocycles. The van der Waals surface area contributed by atoms with Gasteiger partial charge in [-0.3, -0.25) is 5.41 Å². The number of benzene rings is 1. The van der Waals surface area contributed by atoms with Crippen molar-refractivity contribution in [2.75, 3.05) is 18.5 Å². The lowest BCUT2D eigenvalue weighted by Crippen LogP contribution is -2.56. The fraction of sp³-hybridized carbons (Fsp3) is 0.533. The SMILES string of the molecule is N=C(Nc1c(Cl)cccc1Cl)NC1CCCCC12OCCO2. The molecule has 2 aliphatic rings. The molecule has 120 valence electrons. The Morgan fingerprint density at radius 3 is 2.55 bits per heavy atom. The van der Waals surface area contributed by atoms with Gasteiger partial charge in [-0.05, 0) is 25.0 Å². The molecular weight excluding hydrogens is 325 g/mol. The van der Waals surface area contributed by atoms with E-state index in [1.54, 1.807) is 18.2 Å². The number of rotatable bonds is 2. The second-order valence-corrected chi connectivity index (χ2v) is 6.36. The fourth-order valence-corrected chi connectivity index (χ4v) is 3.56. The highest BCUT2D eigenvalue weighted by Gasteiger charge is 2.46. The summed E-state index contributed by atoms with van der Waals surface area (Å²) in [6, 6.07) is 5.18. The lowest BCUT2D eigenvalue weighted by molar-refractivity contribution is -0.192. The first-order chi connectivity index (χ1) is 10.6. The van der Waals surface area contributed by atoms with Crippen molar-refractivity contribution in [1.29, 1.82) is 5.41 Å². The molecule has 1 spiro atoms. The molecule has 1 aromatic carbocycles. The minimum absolute atomic E-state index is 0.0509. The molecule has 3 rings (SSSR count). The highest BCUT2D eigenvalue weighted by atomic mass is 35.5. The maximum atomic E-state index is 8.15. The van der Waals surface area contributed by atoms with Crippen molar-refractivity contribution in [1.82, 2.24) is 5.32 Å². The Kier molecular flexibility index (Phi) is 4.78. The van der Waals surface area contributed by atoms with Crippen LogP contribution in [0.1, 0.15) is 25.7 Å². The monoisotopic (exact) mass is 343 g/mol. The van der Waals surface area contributed by atoms with Crippen molar-refractivity contribution in [2.24, 2.45) is 0 Å². The third kappa shape index (κ3) is 3.18. The summed E-state index contributed by atoms with van der Waals surface area (Å²) in [6.07, 6.45) is 3.92. The molecule has 3 N–H and O–H groups in total. The maximum Gasteiger partial charge on any atom is 0.193 e. The van der Waals surface area contributed by atoms with Crippen LogP contribution in [0.25, 0.3) is 0 Å². The minimum atomic E-state index is -0.601. The van der Waals surface area contributed by atoms with Gasteiger partial charge in [-0.2, -0.15) is 0 Å². The predicted octanol–water partition coefficient (Wildman–Crippen LogP) is 3.62. The molecule has 0 bridgehead atoms. The van der Waals surface area contributed by atoms with Gasteiger partial charge in [-0.25, -0.2) is 0 Å². The highest BCUT2D eigenvalue weighted by molar-refractivity contribution is 6.39. The topological polar surface area (TPSA) is 66.4 Å². The van der Waals surface area contributed by atoms with E-state index in [1.165, 1.54) is 0 Å². The van der Waals surface area contributed by atoms with Crippen molar-refractivity contribution in [3.05, 3.63) is 28.2 Å². The van der Waals surface area contributed by atoms with E-state index in [1.807, 2.05) is 0 Å². The van der Waals surface area contributed by atoms with E-state index >= 15 is 0 Å². The number of para-hydroxylation sites is 1. The Balaban J connectivity index is 1.68. The van der Waals surface area contributed by atoms with E-state index in [-0.39, 0.29) is 12.0 Å². The largest absolute Gasteiger partial charge is 0.348 e. The molecular formula is C15H19Cl2N3O2. The zero-order valence-electron chi connectivity index (χ0n) is 12.1. The lowest BCUT2D eigenvalue weighted by atomic mass is 9.89. The number of guanidine groups is 1. The number of hydrogen-bond acceptors (Lipinski definition) is 3. The summed E-state index contributed by atoms with van der Waals surface area (Å²) in [6.45, 7) is 1.21. The Bertz CT molecular complexity index is 541. The van der Waals surface area contributed by atoms with Gasteiger partial charge in [-0.1, -0.05) is 35.7 Å². The average Bonchev–Trinajstić information content (AvgIpc) is 2.95. The first kappa shape index (κ1) is 15.9. The third-order valence-electron chi connectivity index (χ3n) is 4.11. The Morgan fingerprint density at radius 2 is 1.86 bits per heavy atom. The first-order valence-electron chi connectivity index (χ1n) is 7.45. The van der Waals surface area contributed by atoms with Gasteiger partial charge in [0.05, 0.1) is 35.0 Å². The van der Waals surface area contributed by atoms with Gasteiger partial charge in [-0.15, -0.1) is 0 Å².